The first-order valence-corrected chi connectivity index (χ1v) is 11.8. The van der Waals surface area contributed by atoms with E-state index < -0.39 is 0 Å². The van der Waals surface area contributed by atoms with Crippen LogP contribution < -0.4 is 5.32 Å². The molecule has 1 heterocycles. The van der Waals surface area contributed by atoms with Crippen molar-refractivity contribution < 1.29 is 4.79 Å². The molecule has 2 aromatic carbocycles. The van der Waals surface area contributed by atoms with Crippen LogP contribution in [0.25, 0.3) is 0 Å². The highest BCUT2D eigenvalue weighted by molar-refractivity contribution is 6.42. The number of benzene rings is 2. The monoisotopic (exact) mass is 486 g/mol. The highest BCUT2D eigenvalue weighted by atomic mass is 35.5. The number of anilines is 1. The Kier molecular flexibility index (Phi) is 7.76. The third kappa shape index (κ3) is 5.90. The van der Waals surface area contributed by atoms with E-state index in [1.807, 2.05) is 31.0 Å². The lowest BCUT2D eigenvalue weighted by Gasteiger charge is -2.25. The smallest absolute Gasteiger partial charge is 0.259 e. The summed E-state index contributed by atoms with van der Waals surface area (Å²) < 4.78 is 1.71. The van der Waals surface area contributed by atoms with Crippen LogP contribution in [-0.4, -0.2) is 34.2 Å². The minimum Gasteiger partial charge on any atom is -0.373 e. The fraction of sp³-hybridized carbons (Fsp3) is 0.385. The van der Waals surface area contributed by atoms with Gasteiger partial charge in [0.1, 0.15) is 11.4 Å². The molecule has 5 nitrogen and oxygen atoms in total. The Morgan fingerprint density at radius 3 is 2.27 bits per heavy atom. The third-order valence-corrected chi connectivity index (χ3v) is 6.55. The van der Waals surface area contributed by atoms with Crippen molar-refractivity contribution in [3.8, 4) is 0 Å². The molecule has 33 heavy (non-hydrogen) atoms. The van der Waals surface area contributed by atoms with Gasteiger partial charge >= 0.3 is 0 Å². The summed E-state index contributed by atoms with van der Waals surface area (Å²) in [6.45, 7) is 9.49. The van der Waals surface area contributed by atoms with E-state index in [2.05, 4.69) is 55.5 Å². The average molecular weight is 487 g/mol. The van der Waals surface area contributed by atoms with Crippen LogP contribution in [0, 0.1) is 6.92 Å². The van der Waals surface area contributed by atoms with E-state index in [4.69, 9.17) is 23.2 Å². The minimum atomic E-state index is -0.0510. The Morgan fingerprint density at radius 1 is 1.06 bits per heavy atom. The molecule has 0 aliphatic carbocycles. The number of carbonyl (C=O) groups is 1. The number of carbonyl (C=O) groups excluding carboxylic acids is 1. The molecule has 3 aromatic rings. The molecule has 7 heteroatoms. The molecule has 0 unspecified atom stereocenters. The summed E-state index contributed by atoms with van der Waals surface area (Å²) in [5, 5.41) is 8.61. The third-order valence-electron chi connectivity index (χ3n) is 5.81. The van der Waals surface area contributed by atoms with Gasteiger partial charge in [-0.05, 0) is 47.6 Å². The molecular formula is C26H32Cl2N4O. The molecule has 1 aromatic heterocycles. The van der Waals surface area contributed by atoms with Gasteiger partial charge in [0.2, 0.25) is 0 Å². The van der Waals surface area contributed by atoms with Crippen molar-refractivity contribution >= 4 is 34.9 Å². The molecule has 0 saturated carbocycles. The summed E-state index contributed by atoms with van der Waals surface area (Å²) in [6, 6.07) is 14.1. The summed E-state index contributed by atoms with van der Waals surface area (Å²) in [6.07, 6.45) is 0.664. The van der Waals surface area contributed by atoms with Gasteiger partial charge in [-0.2, -0.15) is 5.10 Å². The fourth-order valence-electron chi connectivity index (χ4n) is 3.90. The predicted molar refractivity (Wildman–Crippen MR) is 138 cm³/mol. The van der Waals surface area contributed by atoms with Crippen molar-refractivity contribution in [2.75, 3.05) is 18.9 Å². The number of aryl methyl sites for hydroxylation is 2. The van der Waals surface area contributed by atoms with Crippen LogP contribution in [0.4, 0.5) is 5.82 Å². The molecule has 0 bridgehead atoms. The topological polar surface area (TPSA) is 50.2 Å². The summed E-state index contributed by atoms with van der Waals surface area (Å²) in [5.41, 5.74) is 4.76. The van der Waals surface area contributed by atoms with Gasteiger partial charge in [0, 0.05) is 27.2 Å². The zero-order valence-corrected chi connectivity index (χ0v) is 21.7. The van der Waals surface area contributed by atoms with E-state index in [9.17, 15) is 4.79 Å². The first-order valence-electron chi connectivity index (χ1n) is 11.0. The number of hydrogen-bond acceptors (Lipinski definition) is 3. The van der Waals surface area contributed by atoms with Crippen LogP contribution >= 0.6 is 23.2 Å². The Labute approximate surface area is 206 Å². The standard InChI is InChI=1S/C26H32Cl2N4O/c1-17-23(24(29-5)31(6)30-17)25(33)32(14-13-18-9-12-21(27)22(28)15-18)16-19-7-10-20(11-8-19)26(2,3)4/h7-12,15,29H,13-14,16H2,1-6H3. The lowest BCUT2D eigenvalue weighted by Crippen LogP contribution is -2.33. The second-order valence-corrected chi connectivity index (χ2v) is 10.2. The highest BCUT2D eigenvalue weighted by Crippen LogP contribution is 2.26. The lowest BCUT2D eigenvalue weighted by atomic mass is 9.87. The SMILES string of the molecule is CNc1c(C(=O)N(CCc2ccc(Cl)c(Cl)c2)Cc2ccc(C(C)(C)C)cc2)c(C)nn1C. The normalized spacial score (nSPS) is 11.5. The molecular weight excluding hydrogens is 455 g/mol. The number of halogens is 2. The zero-order chi connectivity index (χ0) is 24.3. The molecule has 0 radical (unpaired) electrons. The van der Waals surface area contributed by atoms with Gasteiger partial charge in [0.15, 0.2) is 0 Å². The minimum absolute atomic E-state index is 0.0510. The number of nitrogens with one attached hydrogen (secondary N) is 1. The molecule has 1 amide bonds. The van der Waals surface area contributed by atoms with E-state index in [1.165, 1.54) is 5.56 Å². The fourth-order valence-corrected chi connectivity index (χ4v) is 4.22. The van der Waals surface area contributed by atoms with Gasteiger partial charge in [0.05, 0.1) is 15.7 Å². The summed E-state index contributed by atoms with van der Waals surface area (Å²) in [5.74, 6) is 0.657. The number of rotatable bonds is 7. The van der Waals surface area contributed by atoms with Gasteiger partial charge in [-0.1, -0.05) is 74.3 Å². The number of aromatic nitrogens is 2. The van der Waals surface area contributed by atoms with Crippen molar-refractivity contribution in [2.24, 2.45) is 7.05 Å². The van der Waals surface area contributed by atoms with Crippen LogP contribution in [0.15, 0.2) is 42.5 Å². The second kappa shape index (κ2) is 10.2. The Balaban J connectivity index is 1.90. The Morgan fingerprint density at radius 2 is 1.70 bits per heavy atom. The molecule has 0 aliphatic rings. The molecule has 0 atom stereocenters. The highest BCUT2D eigenvalue weighted by Gasteiger charge is 2.25. The number of nitrogens with zero attached hydrogens (tertiary/aromatic N) is 3. The predicted octanol–water partition coefficient (Wildman–Crippen LogP) is 6.26. The Hall–Kier alpha value is -2.50. The van der Waals surface area contributed by atoms with Crippen LogP contribution in [0.5, 0.6) is 0 Å². The van der Waals surface area contributed by atoms with Crippen molar-refractivity contribution in [1.82, 2.24) is 14.7 Å². The molecule has 0 saturated heterocycles. The number of amides is 1. The average Bonchev–Trinajstić information content (AvgIpc) is 3.05. The van der Waals surface area contributed by atoms with Crippen molar-refractivity contribution in [2.45, 2.75) is 46.1 Å². The zero-order valence-electron chi connectivity index (χ0n) is 20.2. The lowest BCUT2D eigenvalue weighted by molar-refractivity contribution is 0.0745. The van der Waals surface area contributed by atoms with Crippen LogP contribution in [0.3, 0.4) is 0 Å². The summed E-state index contributed by atoms with van der Waals surface area (Å²) in [7, 11) is 3.64. The van der Waals surface area contributed by atoms with E-state index in [-0.39, 0.29) is 11.3 Å². The number of hydrogen-bond donors (Lipinski definition) is 1. The van der Waals surface area contributed by atoms with Gasteiger partial charge in [-0.3, -0.25) is 9.48 Å². The molecule has 176 valence electrons. The van der Waals surface area contributed by atoms with Crippen LogP contribution in [-0.2, 0) is 25.4 Å². The molecule has 1 N–H and O–H groups in total. The molecule has 0 spiro atoms. The quantitative estimate of drug-likeness (QED) is 0.428. The van der Waals surface area contributed by atoms with Crippen molar-refractivity contribution in [3.05, 3.63) is 80.5 Å². The maximum atomic E-state index is 13.7. The summed E-state index contributed by atoms with van der Waals surface area (Å²) >= 11 is 12.3. The van der Waals surface area contributed by atoms with E-state index in [1.54, 1.807) is 17.8 Å². The van der Waals surface area contributed by atoms with Gasteiger partial charge in [-0.25, -0.2) is 0 Å². The van der Waals surface area contributed by atoms with Gasteiger partial charge < -0.3 is 10.2 Å². The Bertz CT molecular complexity index is 1130. The first kappa shape index (κ1) is 25.1. The molecule has 0 aliphatic heterocycles. The van der Waals surface area contributed by atoms with Crippen molar-refractivity contribution in [1.29, 1.82) is 0 Å². The second-order valence-electron chi connectivity index (χ2n) is 9.35. The summed E-state index contributed by atoms with van der Waals surface area (Å²) in [4.78, 5) is 15.6. The maximum absolute atomic E-state index is 13.7. The molecule has 3 rings (SSSR count). The van der Waals surface area contributed by atoms with Crippen molar-refractivity contribution in [3.63, 3.8) is 0 Å². The van der Waals surface area contributed by atoms with Gasteiger partial charge in [-0.15, -0.1) is 0 Å². The van der Waals surface area contributed by atoms with Crippen LogP contribution in [0.1, 0.15) is 53.5 Å². The van der Waals surface area contributed by atoms with E-state index in [0.717, 1.165) is 11.1 Å². The van der Waals surface area contributed by atoms with E-state index in [0.29, 0.717) is 46.6 Å². The molecule has 0 fully saturated rings. The maximum Gasteiger partial charge on any atom is 0.259 e. The van der Waals surface area contributed by atoms with E-state index >= 15 is 0 Å². The largest absolute Gasteiger partial charge is 0.373 e. The van der Waals surface area contributed by atoms with Gasteiger partial charge in [0.25, 0.3) is 5.91 Å². The van der Waals surface area contributed by atoms with Crippen LogP contribution in [0.2, 0.25) is 10.0 Å². The first-order chi connectivity index (χ1) is 15.5.